The van der Waals surface area contributed by atoms with Crippen LogP contribution in [0, 0.1) is 0 Å². The maximum atomic E-state index is 11.7. The maximum absolute atomic E-state index is 11.7. The van der Waals surface area contributed by atoms with Crippen molar-refractivity contribution in [2.24, 2.45) is 5.73 Å². The number of benzene rings is 1. The number of carbonyl (C=O) groups is 1. The highest BCUT2D eigenvalue weighted by Crippen LogP contribution is 2.14. The molecule has 0 aliphatic carbocycles. The summed E-state index contributed by atoms with van der Waals surface area (Å²) in [6, 6.07) is 7.32. The number of ketones is 1. The lowest BCUT2D eigenvalue weighted by atomic mass is 10.0. The van der Waals surface area contributed by atoms with Crippen LogP contribution in [-0.2, 0) is 0 Å². The van der Waals surface area contributed by atoms with Crippen LogP contribution in [0.4, 0.5) is 0 Å². The first kappa shape index (κ1) is 12.7. The number of rotatable bonds is 6. The van der Waals surface area contributed by atoms with E-state index >= 15 is 0 Å². The van der Waals surface area contributed by atoms with Crippen molar-refractivity contribution >= 4 is 5.78 Å². The van der Waals surface area contributed by atoms with E-state index in [2.05, 4.69) is 0 Å². The predicted octanol–water partition coefficient (Wildman–Crippen LogP) is 2.40. The van der Waals surface area contributed by atoms with Gasteiger partial charge in [-0.1, -0.05) is 0 Å². The molecule has 0 bridgehead atoms. The molecule has 0 heterocycles. The first-order chi connectivity index (χ1) is 7.63. The molecule has 0 saturated carbocycles. The molecule has 3 heteroatoms. The molecule has 0 fully saturated rings. The maximum Gasteiger partial charge on any atom is 0.162 e. The minimum Gasteiger partial charge on any atom is -0.494 e. The van der Waals surface area contributed by atoms with E-state index in [-0.39, 0.29) is 11.8 Å². The Hall–Kier alpha value is -1.35. The highest BCUT2D eigenvalue weighted by atomic mass is 16.5. The minimum atomic E-state index is 0.0756. The number of Topliss-reactive ketones (excluding diaryl/α,β-unsaturated/α-hetero) is 1. The Morgan fingerprint density at radius 3 is 2.50 bits per heavy atom. The van der Waals surface area contributed by atoms with Gasteiger partial charge in [0.15, 0.2) is 5.78 Å². The van der Waals surface area contributed by atoms with Gasteiger partial charge in [0.25, 0.3) is 0 Å². The average Bonchev–Trinajstić information content (AvgIpc) is 2.27. The second-order valence-electron chi connectivity index (χ2n) is 3.90. The van der Waals surface area contributed by atoms with Crippen molar-refractivity contribution in [3.63, 3.8) is 0 Å². The quantitative estimate of drug-likeness (QED) is 0.750. The molecule has 1 aromatic rings. The van der Waals surface area contributed by atoms with Gasteiger partial charge >= 0.3 is 0 Å². The molecule has 0 aromatic heterocycles. The van der Waals surface area contributed by atoms with E-state index in [1.54, 1.807) is 12.1 Å². The normalized spacial score (nSPS) is 12.2. The smallest absolute Gasteiger partial charge is 0.162 e. The summed E-state index contributed by atoms with van der Waals surface area (Å²) in [7, 11) is 0. The van der Waals surface area contributed by atoms with E-state index in [4.69, 9.17) is 10.5 Å². The van der Waals surface area contributed by atoms with Crippen molar-refractivity contribution in [3.05, 3.63) is 29.8 Å². The van der Waals surface area contributed by atoms with Gasteiger partial charge in [0, 0.05) is 18.0 Å². The summed E-state index contributed by atoms with van der Waals surface area (Å²) in [6.07, 6.45) is 1.23. The van der Waals surface area contributed by atoms with Crippen LogP contribution < -0.4 is 10.5 Å². The van der Waals surface area contributed by atoms with Gasteiger partial charge in [-0.15, -0.1) is 0 Å². The van der Waals surface area contributed by atoms with Crippen molar-refractivity contribution in [1.29, 1.82) is 0 Å². The molecular weight excluding hydrogens is 202 g/mol. The van der Waals surface area contributed by atoms with Gasteiger partial charge in [-0.25, -0.2) is 0 Å². The molecule has 0 saturated heterocycles. The van der Waals surface area contributed by atoms with Crippen LogP contribution >= 0.6 is 0 Å². The molecule has 1 aromatic carbocycles. The number of hydrogen-bond acceptors (Lipinski definition) is 3. The fraction of sp³-hybridized carbons (Fsp3) is 0.462. The Balaban J connectivity index is 2.56. The molecule has 16 heavy (non-hydrogen) atoms. The lowest BCUT2D eigenvalue weighted by Crippen LogP contribution is -2.16. The van der Waals surface area contributed by atoms with E-state index < -0.39 is 0 Å². The third-order valence-electron chi connectivity index (χ3n) is 2.31. The summed E-state index contributed by atoms with van der Waals surface area (Å²) in [6.45, 7) is 4.48. The van der Waals surface area contributed by atoms with Crippen LogP contribution in [0.15, 0.2) is 24.3 Å². The summed E-state index contributed by atoms with van der Waals surface area (Å²) in [4.78, 5) is 11.7. The van der Waals surface area contributed by atoms with Crippen molar-refractivity contribution in [2.75, 3.05) is 6.61 Å². The molecule has 88 valence electrons. The predicted molar refractivity (Wildman–Crippen MR) is 64.8 cm³/mol. The highest BCUT2D eigenvalue weighted by molar-refractivity contribution is 5.96. The summed E-state index contributed by atoms with van der Waals surface area (Å²) in [5.41, 5.74) is 6.34. The Bertz CT molecular complexity index is 330. The second-order valence-corrected chi connectivity index (χ2v) is 3.90. The molecule has 1 unspecified atom stereocenters. The van der Waals surface area contributed by atoms with Crippen LogP contribution in [0.3, 0.4) is 0 Å². The molecule has 0 spiro atoms. The van der Waals surface area contributed by atoms with Crippen LogP contribution in [0.1, 0.15) is 37.0 Å². The molecule has 3 nitrogen and oxygen atoms in total. The van der Waals surface area contributed by atoms with Crippen molar-refractivity contribution in [3.8, 4) is 5.75 Å². The van der Waals surface area contributed by atoms with Gasteiger partial charge < -0.3 is 10.5 Å². The van der Waals surface area contributed by atoms with Crippen LogP contribution in [0.5, 0.6) is 5.75 Å². The van der Waals surface area contributed by atoms with Crippen molar-refractivity contribution in [1.82, 2.24) is 0 Å². The summed E-state index contributed by atoms with van der Waals surface area (Å²) < 4.78 is 5.31. The van der Waals surface area contributed by atoms with E-state index in [1.807, 2.05) is 26.0 Å². The second kappa shape index (κ2) is 6.28. The molecule has 0 aliphatic rings. The molecular formula is C13H19NO2. The standard InChI is InChI=1S/C13H19NO2/c1-3-16-12-7-5-11(6-8-12)13(15)9-4-10(2)14/h5-8,10H,3-4,9,14H2,1-2H3. The van der Waals surface area contributed by atoms with Crippen molar-refractivity contribution < 1.29 is 9.53 Å². The van der Waals surface area contributed by atoms with Gasteiger partial charge in [-0.2, -0.15) is 0 Å². The zero-order valence-electron chi connectivity index (χ0n) is 9.90. The van der Waals surface area contributed by atoms with Crippen LogP contribution in [0.25, 0.3) is 0 Å². The molecule has 0 radical (unpaired) electrons. The van der Waals surface area contributed by atoms with Gasteiger partial charge in [-0.05, 0) is 44.5 Å². The third-order valence-corrected chi connectivity index (χ3v) is 2.31. The lowest BCUT2D eigenvalue weighted by Gasteiger charge is -2.06. The first-order valence-corrected chi connectivity index (χ1v) is 5.65. The van der Waals surface area contributed by atoms with Gasteiger partial charge in [0.2, 0.25) is 0 Å². The van der Waals surface area contributed by atoms with Crippen molar-refractivity contribution in [2.45, 2.75) is 32.7 Å². The number of nitrogens with two attached hydrogens (primary N) is 1. The molecule has 0 aliphatic heterocycles. The van der Waals surface area contributed by atoms with E-state index in [0.717, 1.165) is 17.7 Å². The number of carbonyl (C=O) groups excluding carboxylic acids is 1. The van der Waals surface area contributed by atoms with E-state index in [1.165, 1.54) is 0 Å². The molecule has 2 N–H and O–H groups in total. The van der Waals surface area contributed by atoms with Crippen LogP contribution in [0.2, 0.25) is 0 Å². The van der Waals surface area contributed by atoms with E-state index in [0.29, 0.717) is 13.0 Å². The van der Waals surface area contributed by atoms with Gasteiger partial charge in [0.1, 0.15) is 5.75 Å². The number of hydrogen-bond donors (Lipinski definition) is 1. The Morgan fingerprint density at radius 1 is 1.38 bits per heavy atom. The summed E-state index contributed by atoms with van der Waals surface area (Å²) in [5.74, 6) is 0.937. The lowest BCUT2D eigenvalue weighted by molar-refractivity contribution is 0.0978. The van der Waals surface area contributed by atoms with Gasteiger partial charge in [0.05, 0.1) is 6.61 Å². The Morgan fingerprint density at radius 2 is 2.00 bits per heavy atom. The van der Waals surface area contributed by atoms with Crippen LogP contribution in [-0.4, -0.2) is 18.4 Å². The monoisotopic (exact) mass is 221 g/mol. The third kappa shape index (κ3) is 4.03. The van der Waals surface area contributed by atoms with Gasteiger partial charge in [-0.3, -0.25) is 4.79 Å². The SMILES string of the molecule is CCOc1ccc(C(=O)CCC(C)N)cc1. The molecule has 0 amide bonds. The minimum absolute atomic E-state index is 0.0756. The fourth-order valence-corrected chi connectivity index (χ4v) is 1.41. The Kier molecular flexibility index (Phi) is 4.99. The summed E-state index contributed by atoms with van der Waals surface area (Å²) in [5, 5.41) is 0. The van der Waals surface area contributed by atoms with E-state index in [9.17, 15) is 4.79 Å². The first-order valence-electron chi connectivity index (χ1n) is 5.65. The summed E-state index contributed by atoms with van der Waals surface area (Å²) >= 11 is 0. The average molecular weight is 221 g/mol. The Labute approximate surface area is 96.6 Å². The highest BCUT2D eigenvalue weighted by Gasteiger charge is 2.06. The zero-order valence-corrected chi connectivity index (χ0v) is 9.90. The zero-order chi connectivity index (χ0) is 12.0. The number of ether oxygens (including phenoxy) is 1. The fourth-order valence-electron chi connectivity index (χ4n) is 1.41. The largest absolute Gasteiger partial charge is 0.494 e. The molecule has 1 atom stereocenters. The molecule has 1 rings (SSSR count). The topological polar surface area (TPSA) is 52.3 Å².